The van der Waals surface area contributed by atoms with Crippen molar-refractivity contribution in [2.75, 3.05) is 4.90 Å². The van der Waals surface area contributed by atoms with Gasteiger partial charge in [-0.2, -0.15) is 0 Å². The maximum absolute atomic E-state index is 12.2. The third-order valence-electron chi connectivity index (χ3n) is 4.33. The van der Waals surface area contributed by atoms with Gasteiger partial charge in [0.25, 0.3) is 0 Å². The van der Waals surface area contributed by atoms with Crippen LogP contribution in [0.1, 0.15) is 28.3 Å². The van der Waals surface area contributed by atoms with E-state index in [9.17, 15) is 4.79 Å². The lowest BCUT2D eigenvalue weighted by Gasteiger charge is -2.45. The van der Waals surface area contributed by atoms with Crippen molar-refractivity contribution in [1.82, 2.24) is 0 Å². The summed E-state index contributed by atoms with van der Waals surface area (Å²) in [6, 6.07) is 13.8. The lowest BCUT2D eigenvalue weighted by Crippen LogP contribution is -2.63. The van der Waals surface area contributed by atoms with Crippen molar-refractivity contribution >= 4 is 11.6 Å². The first-order chi connectivity index (χ1) is 9.99. The van der Waals surface area contributed by atoms with Crippen LogP contribution in [0.3, 0.4) is 0 Å². The van der Waals surface area contributed by atoms with Crippen molar-refractivity contribution in [1.29, 1.82) is 0 Å². The molecule has 1 aliphatic rings. The van der Waals surface area contributed by atoms with Crippen LogP contribution in [-0.2, 0) is 4.79 Å². The van der Waals surface area contributed by atoms with Crippen LogP contribution in [0.15, 0.2) is 42.5 Å². The number of benzene rings is 2. The van der Waals surface area contributed by atoms with Crippen molar-refractivity contribution in [3.63, 3.8) is 0 Å². The number of nitrogens with two attached hydrogens (primary N) is 1. The summed E-state index contributed by atoms with van der Waals surface area (Å²) in [6.07, 6.45) is 0. The number of carbonyl (C=O) groups excluding carboxylic acids is 1. The van der Waals surface area contributed by atoms with Gasteiger partial charge in [0.05, 0.1) is 6.04 Å². The fraction of sp³-hybridized carbons (Fsp3) is 0.278. The smallest absolute Gasteiger partial charge is 0.247 e. The molecule has 0 saturated carbocycles. The van der Waals surface area contributed by atoms with Crippen LogP contribution in [0.5, 0.6) is 0 Å². The Morgan fingerprint density at radius 2 is 1.62 bits per heavy atom. The highest BCUT2D eigenvalue weighted by molar-refractivity contribution is 6.05. The molecule has 0 radical (unpaired) electrons. The fourth-order valence-corrected chi connectivity index (χ4v) is 2.79. The van der Waals surface area contributed by atoms with Crippen molar-refractivity contribution in [2.45, 2.75) is 32.9 Å². The number of aryl methyl sites for hydroxylation is 3. The van der Waals surface area contributed by atoms with Gasteiger partial charge < -0.3 is 10.6 Å². The quantitative estimate of drug-likeness (QED) is 0.859. The van der Waals surface area contributed by atoms with Crippen LogP contribution >= 0.6 is 0 Å². The summed E-state index contributed by atoms with van der Waals surface area (Å²) in [5, 5.41) is 0. The summed E-state index contributed by atoms with van der Waals surface area (Å²) >= 11 is 0. The average molecular weight is 280 g/mol. The second-order valence-electron chi connectivity index (χ2n) is 5.86. The standard InChI is InChI=1S/C18H20N2O/c1-11-4-7-14(8-5-11)17-16(19)18(21)20(17)15-9-6-12(2)13(3)10-15/h4-10,16-17H,19H2,1-3H3. The lowest BCUT2D eigenvalue weighted by molar-refractivity contribution is -0.126. The highest BCUT2D eigenvalue weighted by atomic mass is 16.2. The van der Waals surface area contributed by atoms with Gasteiger partial charge in [0.2, 0.25) is 5.91 Å². The predicted octanol–water partition coefficient (Wildman–Crippen LogP) is 3.03. The molecule has 2 aromatic rings. The highest BCUT2D eigenvalue weighted by Crippen LogP contribution is 2.38. The molecule has 1 fully saturated rings. The molecule has 108 valence electrons. The number of β-lactam (4-membered cyclic amide) rings is 1. The van der Waals surface area contributed by atoms with Gasteiger partial charge in [0, 0.05) is 5.69 Å². The molecule has 3 heteroatoms. The number of amides is 1. The second kappa shape index (κ2) is 5.01. The van der Waals surface area contributed by atoms with Crippen LogP contribution in [0.4, 0.5) is 5.69 Å². The van der Waals surface area contributed by atoms with Crippen LogP contribution in [0.2, 0.25) is 0 Å². The number of hydrogen-bond donors (Lipinski definition) is 1. The normalized spacial score (nSPS) is 21.3. The molecule has 3 rings (SSSR count). The van der Waals surface area contributed by atoms with E-state index in [4.69, 9.17) is 5.73 Å². The summed E-state index contributed by atoms with van der Waals surface area (Å²) in [6.45, 7) is 6.18. The van der Waals surface area contributed by atoms with Gasteiger partial charge in [-0.25, -0.2) is 0 Å². The molecule has 2 atom stereocenters. The van der Waals surface area contributed by atoms with Gasteiger partial charge >= 0.3 is 0 Å². The lowest BCUT2D eigenvalue weighted by atomic mass is 9.87. The summed E-state index contributed by atoms with van der Waals surface area (Å²) < 4.78 is 0. The second-order valence-corrected chi connectivity index (χ2v) is 5.86. The van der Waals surface area contributed by atoms with E-state index < -0.39 is 6.04 Å². The fourth-order valence-electron chi connectivity index (χ4n) is 2.79. The molecule has 1 heterocycles. The van der Waals surface area contributed by atoms with E-state index in [0.717, 1.165) is 11.3 Å². The van der Waals surface area contributed by atoms with Gasteiger partial charge in [0.15, 0.2) is 0 Å². The molecule has 2 unspecified atom stereocenters. The Labute approximate surface area is 125 Å². The molecule has 0 aromatic heterocycles. The first kappa shape index (κ1) is 13.8. The number of nitrogens with zero attached hydrogens (tertiary/aromatic N) is 1. The number of anilines is 1. The first-order valence-corrected chi connectivity index (χ1v) is 7.21. The van der Waals surface area contributed by atoms with Crippen molar-refractivity contribution in [2.24, 2.45) is 5.73 Å². The number of carbonyl (C=O) groups is 1. The van der Waals surface area contributed by atoms with Crippen LogP contribution in [-0.4, -0.2) is 11.9 Å². The van der Waals surface area contributed by atoms with E-state index in [2.05, 4.69) is 51.1 Å². The minimum atomic E-state index is -0.450. The zero-order chi connectivity index (χ0) is 15.1. The molecule has 1 saturated heterocycles. The maximum Gasteiger partial charge on any atom is 0.247 e. The van der Waals surface area contributed by atoms with Crippen molar-refractivity contribution in [3.05, 3.63) is 64.7 Å². The van der Waals surface area contributed by atoms with Crippen molar-refractivity contribution in [3.8, 4) is 0 Å². The summed E-state index contributed by atoms with van der Waals surface area (Å²) in [7, 11) is 0. The van der Waals surface area contributed by atoms with Gasteiger partial charge in [-0.05, 0) is 49.6 Å². The molecule has 0 spiro atoms. The SMILES string of the molecule is Cc1ccc(C2C(N)C(=O)N2c2ccc(C)c(C)c2)cc1. The Bertz CT molecular complexity index is 691. The molecular formula is C18H20N2O. The largest absolute Gasteiger partial charge is 0.318 e. The van der Waals surface area contributed by atoms with Crippen molar-refractivity contribution < 1.29 is 4.79 Å². The topological polar surface area (TPSA) is 46.3 Å². The Kier molecular flexibility index (Phi) is 3.30. The summed E-state index contributed by atoms with van der Waals surface area (Å²) in [5.41, 5.74) is 11.7. The summed E-state index contributed by atoms with van der Waals surface area (Å²) in [4.78, 5) is 14.0. The van der Waals surface area contributed by atoms with Gasteiger partial charge in [0.1, 0.15) is 6.04 Å². The van der Waals surface area contributed by atoms with Crippen LogP contribution in [0, 0.1) is 20.8 Å². The highest BCUT2D eigenvalue weighted by Gasteiger charge is 2.46. The Hall–Kier alpha value is -2.13. The minimum Gasteiger partial charge on any atom is -0.318 e. The molecule has 0 aliphatic carbocycles. The zero-order valence-corrected chi connectivity index (χ0v) is 12.6. The Balaban J connectivity index is 1.98. The van der Waals surface area contributed by atoms with Crippen LogP contribution in [0.25, 0.3) is 0 Å². The Morgan fingerprint density at radius 3 is 2.24 bits per heavy atom. The molecule has 0 bridgehead atoms. The average Bonchev–Trinajstić information content (AvgIpc) is 2.48. The molecule has 1 amide bonds. The van der Waals surface area contributed by atoms with Gasteiger partial charge in [-0.15, -0.1) is 0 Å². The van der Waals surface area contributed by atoms with Crippen LogP contribution < -0.4 is 10.6 Å². The molecule has 2 N–H and O–H groups in total. The Morgan fingerprint density at radius 1 is 0.952 bits per heavy atom. The van der Waals surface area contributed by atoms with E-state index in [1.54, 1.807) is 0 Å². The van der Waals surface area contributed by atoms with E-state index in [0.29, 0.717) is 0 Å². The number of hydrogen-bond acceptors (Lipinski definition) is 2. The monoisotopic (exact) mass is 280 g/mol. The first-order valence-electron chi connectivity index (χ1n) is 7.21. The summed E-state index contributed by atoms with van der Waals surface area (Å²) in [5.74, 6) is -0.0103. The van der Waals surface area contributed by atoms with E-state index in [1.807, 2.05) is 17.0 Å². The van der Waals surface area contributed by atoms with Gasteiger partial charge in [-0.3, -0.25) is 4.79 Å². The predicted molar refractivity (Wildman–Crippen MR) is 85.3 cm³/mol. The molecule has 3 nitrogen and oxygen atoms in total. The minimum absolute atomic E-state index is 0.0103. The molecule has 21 heavy (non-hydrogen) atoms. The van der Waals surface area contributed by atoms with Gasteiger partial charge in [-0.1, -0.05) is 35.9 Å². The van der Waals surface area contributed by atoms with E-state index in [-0.39, 0.29) is 11.9 Å². The van der Waals surface area contributed by atoms with E-state index in [1.165, 1.54) is 16.7 Å². The molecular weight excluding hydrogens is 260 g/mol. The third kappa shape index (κ3) is 2.24. The van der Waals surface area contributed by atoms with E-state index >= 15 is 0 Å². The molecule has 2 aromatic carbocycles. The number of rotatable bonds is 2. The zero-order valence-electron chi connectivity index (χ0n) is 12.6. The maximum atomic E-state index is 12.2. The molecule has 1 aliphatic heterocycles. The third-order valence-corrected chi connectivity index (χ3v) is 4.33.